The molecule has 0 aliphatic heterocycles. The fourth-order valence-electron chi connectivity index (χ4n) is 2.31. The highest BCUT2D eigenvalue weighted by Gasteiger charge is 2.11. The zero-order valence-corrected chi connectivity index (χ0v) is 13.3. The molecule has 1 amide bonds. The Morgan fingerprint density at radius 3 is 2.75 bits per heavy atom. The first-order valence-electron chi connectivity index (χ1n) is 7.71. The van der Waals surface area contributed by atoms with E-state index in [1.54, 1.807) is 25.5 Å². The van der Waals surface area contributed by atoms with Gasteiger partial charge in [0.1, 0.15) is 6.04 Å². The van der Waals surface area contributed by atoms with Crippen LogP contribution in [0.15, 0.2) is 72.1 Å². The van der Waals surface area contributed by atoms with Gasteiger partial charge in [0.2, 0.25) is 0 Å². The van der Waals surface area contributed by atoms with E-state index in [1.807, 2.05) is 48.5 Å². The van der Waals surface area contributed by atoms with Gasteiger partial charge in [-0.1, -0.05) is 36.4 Å². The number of pyridine rings is 1. The van der Waals surface area contributed by atoms with Crippen molar-refractivity contribution in [1.29, 1.82) is 0 Å². The second kappa shape index (κ2) is 7.37. The fourth-order valence-corrected chi connectivity index (χ4v) is 2.31. The summed E-state index contributed by atoms with van der Waals surface area (Å²) in [6.07, 6.45) is 4.92. The molecule has 0 unspecified atom stereocenters. The molecule has 1 atom stereocenters. The van der Waals surface area contributed by atoms with Crippen LogP contribution < -0.4 is 10.7 Å². The Bertz CT molecular complexity index is 861. The Balaban J connectivity index is 1.59. The molecule has 5 nitrogen and oxygen atoms in total. The molecule has 0 saturated carbocycles. The number of benzene rings is 2. The Morgan fingerprint density at radius 1 is 1.12 bits per heavy atom. The summed E-state index contributed by atoms with van der Waals surface area (Å²) in [6.45, 7) is 1.80. The number of anilines is 1. The number of hydrazone groups is 1. The zero-order chi connectivity index (χ0) is 16.8. The molecule has 0 saturated heterocycles. The predicted octanol–water partition coefficient (Wildman–Crippen LogP) is 3.19. The maximum atomic E-state index is 12.1. The number of nitrogens with zero attached hydrogens (tertiary/aromatic N) is 2. The molecular formula is C19H18N4O. The SMILES string of the molecule is C[C@@H](Nc1ccc2ccccc2c1)C(=O)N/N=C\c1cccnc1. The van der Waals surface area contributed by atoms with E-state index in [-0.39, 0.29) is 5.91 Å². The second-order valence-electron chi connectivity index (χ2n) is 5.45. The van der Waals surface area contributed by atoms with Crippen LogP contribution in [0.5, 0.6) is 0 Å². The zero-order valence-electron chi connectivity index (χ0n) is 13.3. The monoisotopic (exact) mass is 318 g/mol. The average molecular weight is 318 g/mol. The predicted molar refractivity (Wildman–Crippen MR) is 97.0 cm³/mol. The highest BCUT2D eigenvalue weighted by atomic mass is 16.2. The van der Waals surface area contributed by atoms with Gasteiger partial charge in [-0.2, -0.15) is 5.10 Å². The average Bonchev–Trinajstić information content (AvgIpc) is 2.62. The van der Waals surface area contributed by atoms with Gasteiger partial charge in [-0.15, -0.1) is 0 Å². The van der Waals surface area contributed by atoms with Crippen molar-refractivity contribution >= 4 is 28.6 Å². The molecule has 0 radical (unpaired) electrons. The molecule has 0 fully saturated rings. The molecule has 3 aromatic rings. The van der Waals surface area contributed by atoms with Crippen molar-refractivity contribution in [2.24, 2.45) is 5.10 Å². The first kappa shape index (κ1) is 15.7. The normalized spacial score (nSPS) is 12.2. The number of nitrogens with one attached hydrogen (secondary N) is 2. The number of rotatable bonds is 5. The van der Waals surface area contributed by atoms with Crippen LogP contribution in [0.4, 0.5) is 5.69 Å². The maximum Gasteiger partial charge on any atom is 0.262 e. The van der Waals surface area contributed by atoms with Crippen molar-refractivity contribution in [2.75, 3.05) is 5.32 Å². The van der Waals surface area contributed by atoms with E-state index < -0.39 is 6.04 Å². The van der Waals surface area contributed by atoms with Crippen LogP contribution in [0, 0.1) is 0 Å². The van der Waals surface area contributed by atoms with Gasteiger partial charge in [-0.05, 0) is 35.9 Å². The molecule has 3 rings (SSSR count). The Morgan fingerprint density at radius 2 is 1.96 bits per heavy atom. The molecule has 0 aliphatic carbocycles. The summed E-state index contributed by atoms with van der Waals surface area (Å²) in [7, 11) is 0. The van der Waals surface area contributed by atoms with Crippen LogP contribution in [-0.2, 0) is 4.79 Å². The molecule has 0 bridgehead atoms. The molecule has 120 valence electrons. The molecule has 0 aliphatic rings. The molecule has 0 spiro atoms. The number of hydrogen-bond acceptors (Lipinski definition) is 4. The summed E-state index contributed by atoms with van der Waals surface area (Å²) in [4.78, 5) is 16.1. The highest BCUT2D eigenvalue weighted by Crippen LogP contribution is 2.19. The topological polar surface area (TPSA) is 66.4 Å². The molecule has 1 heterocycles. The summed E-state index contributed by atoms with van der Waals surface area (Å²) in [5, 5.41) is 9.43. The highest BCUT2D eigenvalue weighted by molar-refractivity contribution is 5.89. The number of carbonyl (C=O) groups excluding carboxylic acids is 1. The minimum Gasteiger partial charge on any atom is -0.374 e. The molecule has 1 aromatic heterocycles. The van der Waals surface area contributed by atoms with Crippen molar-refractivity contribution in [3.63, 3.8) is 0 Å². The van der Waals surface area contributed by atoms with E-state index in [1.165, 1.54) is 5.39 Å². The Labute approximate surface area is 140 Å². The van der Waals surface area contributed by atoms with E-state index in [4.69, 9.17) is 0 Å². The van der Waals surface area contributed by atoms with Crippen LogP contribution in [0.1, 0.15) is 12.5 Å². The third-order valence-electron chi connectivity index (χ3n) is 3.60. The van der Waals surface area contributed by atoms with Crippen LogP contribution in [-0.4, -0.2) is 23.1 Å². The van der Waals surface area contributed by atoms with E-state index in [0.717, 1.165) is 16.6 Å². The van der Waals surface area contributed by atoms with Gasteiger partial charge in [0.05, 0.1) is 6.21 Å². The van der Waals surface area contributed by atoms with E-state index >= 15 is 0 Å². The second-order valence-corrected chi connectivity index (χ2v) is 5.45. The Kier molecular flexibility index (Phi) is 4.81. The molecule has 5 heteroatoms. The van der Waals surface area contributed by atoms with Crippen molar-refractivity contribution in [3.05, 3.63) is 72.6 Å². The van der Waals surface area contributed by atoms with Gasteiger partial charge in [0.25, 0.3) is 5.91 Å². The maximum absolute atomic E-state index is 12.1. The number of amides is 1. The molecule has 24 heavy (non-hydrogen) atoms. The van der Waals surface area contributed by atoms with E-state index in [9.17, 15) is 4.79 Å². The number of fused-ring (bicyclic) bond motifs is 1. The van der Waals surface area contributed by atoms with Crippen molar-refractivity contribution < 1.29 is 4.79 Å². The van der Waals surface area contributed by atoms with E-state index in [0.29, 0.717) is 0 Å². The van der Waals surface area contributed by atoms with E-state index in [2.05, 4.69) is 26.9 Å². The minimum atomic E-state index is -0.405. The number of hydrogen-bond donors (Lipinski definition) is 2. The summed E-state index contributed by atoms with van der Waals surface area (Å²) >= 11 is 0. The van der Waals surface area contributed by atoms with Crippen LogP contribution in [0.3, 0.4) is 0 Å². The fraction of sp³-hybridized carbons (Fsp3) is 0.105. The first-order chi connectivity index (χ1) is 11.7. The smallest absolute Gasteiger partial charge is 0.262 e. The van der Waals surface area contributed by atoms with Gasteiger partial charge in [-0.3, -0.25) is 9.78 Å². The summed E-state index contributed by atoms with van der Waals surface area (Å²) < 4.78 is 0. The van der Waals surface area contributed by atoms with Crippen LogP contribution >= 0.6 is 0 Å². The first-order valence-corrected chi connectivity index (χ1v) is 7.71. The lowest BCUT2D eigenvalue weighted by Gasteiger charge is -2.14. The molecule has 2 N–H and O–H groups in total. The number of aromatic nitrogens is 1. The lowest BCUT2D eigenvalue weighted by Crippen LogP contribution is -2.34. The van der Waals surface area contributed by atoms with Crippen molar-refractivity contribution in [2.45, 2.75) is 13.0 Å². The standard InChI is InChI=1S/C19H18N4O/c1-14(19(24)23-21-13-15-5-4-10-20-12-15)22-18-9-8-16-6-2-3-7-17(16)11-18/h2-14,22H,1H3,(H,23,24)/b21-13-/t14-/m1/s1. The lowest BCUT2D eigenvalue weighted by atomic mass is 10.1. The van der Waals surface area contributed by atoms with Gasteiger partial charge >= 0.3 is 0 Å². The summed E-state index contributed by atoms with van der Waals surface area (Å²) in [6, 6.07) is 17.4. The third kappa shape index (κ3) is 3.95. The van der Waals surface area contributed by atoms with Crippen molar-refractivity contribution in [1.82, 2.24) is 10.4 Å². The van der Waals surface area contributed by atoms with Gasteiger partial charge in [-0.25, -0.2) is 5.43 Å². The van der Waals surface area contributed by atoms with Crippen LogP contribution in [0.25, 0.3) is 10.8 Å². The molecular weight excluding hydrogens is 300 g/mol. The van der Waals surface area contributed by atoms with Gasteiger partial charge in [0, 0.05) is 23.6 Å². The van der Waals surface area contributed by atoms with Gasteiger partial charge in [0.15, 0.2) is 0 Å². The number of carbonyl (C=O) groups is 1. The van der Waals surface area contributed by atoms with Gasteiger partial charge < -0.3 is 5.32 Å². The Hall–Kier alpha value is -3.21. The summed E-state index contributed by atoms with van der Waals surface area (Å²) in [5.41, 5.74) is 4.25. The largest absolute Gasteiger partial charge is 0.374 e. The summed E-state index contributed by atoms with van der Waals surface area (Å²) in [5.74, 6) is -0.205. The van der Waals surface area contributed by atoms with Crippen molar-refractivity contribution in [3.8, 4) is 0 Å². The van der Waals surface area contributed by atoms with Crippen LogP contribution in [0.2, 0.25) is 0 Å². The quantitative estimate of drug-likeness (QED) is 0.561. The molecule has 2 aromatic carbocycles. The minimum absolute atomic E-state index is 0.205. The lowest BCUT2D eigenvalue weighted by molar-refractivity contribution is -0.121. The third-order valence-corrected chi connectivity index (χ3v) is 3.60.